The van der Waals surface area contributed by atoms with Crippen molar-refractivity contribution in [1.82, 2.24) is 0 Å². The molecule has 0 bridgehead atoms. The van der Waals surface area contributed by atoms with Crippen molar-refractivity contribution in [2.45, 2.75) is 12.8 Å². The lowest BCUT2D eigenvalue weighted by Crippen LogP contribution is -2.42. The predicted molar refractivity (Wildman–Crippen MR) is 53.6 cm³/mol. The quantitative estimate of drug-likeness (QED) is 0.485. The highest BCUT2D eigenvalue weighted by Crippen LogP contribution is 2.28. The van der Waals surface area contributed by atoms with Crippen LogP contribution in [0.2, 0.25) is 0 Å². The van der Waals surface area contributed by atoms with E-state index in [0.29, 0.717) is 0 Å². The Bertz CT molecular complexity index is 412. The number of ether oxygens (including phenoxy) is 1. The van der Waals surface area contributed by atoms with Crippen molar-refractivity contribution in [1.29, 1.82) is 0 Å². The van der Waals surface area contributed by atoms with Gasteiger partial charge < -0.3 is 9.94 Å². The summed E-state index contributed by atoms with van der Waals surface area (Å²) >= 11 is 2.94. The van der Waals surface area contributed by atoms with Gasteiger partial charge in [-0.2, -0.15) is 13.5 Å². The molecule has 0 aliphatic carbocycles. The second-order valence-electron chi connectivity index (χ2n) is 2.85. The number of carbonyl (C=O) groups excluding carboxylic acids is 1. The summed E-state index contributed by atoms with van der Waals surface area (Å²) < 4.78 is 31.3. The summed E-state index contributed by atoms with van der Waals surface area (Å²) in [5, 5.41) is 11.1. The molecule has 7 heteroatoms. The molecular formula is C9H8BrF2NO3. The molecule has 0 spiro atoms. The summed E-state index contributed by atoms with van der Waals surface area (Å²) in [5.41, 5.74) is -0.972. The third kappa shape index (κ3) is 2.46. The van der Waals surface area contributed by atoms with Gasteiger partial charge in [-0.05, 0) is 6.92 Å². The Kier molecular flexibility index (Phi) is 3.79. The van der Waals surface area contributed by atoms with Crippen LogP contribution in [0.15, 0.2) is 22.8 Å². The van der Waals surface area contributed by atoms with Crippen molar-refractivity contribution in [2.75, 3.05) is 6.61 Å². The molecule has 0 N–H and O–H groups in total. The lowest BCUT2D eigenvalue weighted by molar-refractivity contribution is -0.623. The number of hydrogen-bond donors (Lipinski definition) is 0. The van der Waals surface area contributed by atoms with Crippen molar-refractivity contribution < 1.29 is 23.0 Å². The Labute approximate surface area is 98.5 Å². The molecule has 0 fully saturated rings. The van der Waals surface area contributed by atoms with Crippen LogP contribution in [0.25, 0.3) is 0 Å². The van der Waals surface area contributed by atoms with Gasteiger partial charge in [0.25, 0.3) is 5.69 Å². The van der Waals surface area contributed by atoms with E-state index in [2.05, 4.69) is 20.7 Å². The smallest absolute Gasteiger partial charge is 0.425 e. The standard InChI is InChI=1S/C9H8BrF2NO3/c1-2-16-8(14)9(11,12)7-5-6(10)3-4-13(7)15/h3-5H,2H2,1H3. The van der Waals surface area contributed by atoms with Crippen molar-refractivity contribution in [3.8, 4) is 0 Å². The molecule has 0 saturated heterocycles. The summed E-state index contributed by atoms with van der Waals surface area (Å²) in [6, 6.07) is 2.17. The largest absolute Gasteiger partial charge is 0.618 e. The van der Waals surface area contributed by atoms with E-state index in [1.54, 1.807) is 0 Å². The Balaban J connectivity index is 3.15. The molecule has 0 atom stereocenters. The van der Waals surface area contributed by atoms with Crippen LogP contribution in [-0.4, -0.2) is 12.6 Å². The number of aromatic nitrogens is 1. The number of pyridine rings is 1. The number of carbonyl (C=O) groups is 1. The van der Waals surface area contributed by atoms with Crippen LogP contribution >= 0.6 is 15.9 Å². The maximum Gasteiger partial charge on any atom is 0.425 e. The number of hydrogen-bond acceptors (Lipinski definition) is 3. The van der Waals surface area contributed by atoms with E-state index in [0.717, 1.165) is 12.3 Å². The summed E-state index contributed by atoms with van der Waals surface area (Å²) in [6.07, 6.45) is 0.882. The zero-order valence-electron chi connectivity index (χ0n) is 8.25. The lowest BCUT2D eigenvalue weighted by atomic mass is 10.2. The first-order chi connectivity index (χ1) is 7.39. The maximum absolute atomic E-state index is 13.5. The molecule has 1 aromatic rings. The first-order valence-corrected chi connectivity index (χ1v) is 5.13. The molecule has 0 unspecified atom stereocenters. The van der Waals surface area contributed by atoms with Crippen molar-refractivity contribution in [2.24, 2.45) is 0 Å². The molecule has 4 nitrogen and oxygen atoms in total. The molecule has 0 aliphatic rings. The monoisotopic (exact) mass is 295 g/mol. The summed E-state index contributed by atoms with van der Waals surface area (Å²) in [5.74, 6) is -5.70. The maximum atomic E-state index is 13.5. The zero-order valence-corrected chi connectivity index (χ0v) is 9.83. The molecule has 1 heterocycles. The fraction of sp³-hybridized carbons (Fsp3) is 0.333. The van der Waals surface area contributed by atoms with Crippen LogP contribution < -0.4 is 4.73 Å². The van der Waals surface area contributed by atoms with Crippen molar-refractivity contribution in [3.63, 3.8) is 0 Å². The lowest BCUT2D eigenvalue weighted by Gasteiger charge is -2.13. The van der Waals surface area contributed by atoms with Gasteiger partial charge in [0.1, 0.15) is 0 Å². The fourth-order valence-electron chi connectivity index (χ4n) is 1.02. The number of halogens is 3. The number of rotatable bonds is 3. The Morgan fingerprint density at radius 2 is 2.31 bits per heavy atom. The number of alkyl halides is 2. The molecule has 1 rings (SSSR count). The van der Waals surface area contributed by atoms with Gasteiger partial charge in [-0.25, -0.2) is 4.79 Å². The second kappa shape index (κ2) is 4.73. The molecule has 0 saturated carbocycles. The third-order valence-electron chi connectivity index (χ3n) is 1.73. The average Bonchev–Trinajstić information content (AvgIpc) is 2.22. The second-order valence-corrected chi connectivity index (χ2v) is 3.77. The molecule has 1 aromatic heterocycles. The van der Waals surface area contributed by atoms with E-state index in [9.17, 15) is 18.8 Å². The first-order valence-electron chi connectivity index (χ1n) is 4.33. The van der Waals surface area contributed by atoms with E-state index < -0.39 is 17.6 Å². The summed E-state index contributed by atoms with van der Waals surface area (Å²) in [7, 11) is 0. The minimum absolute atomic E-state index is 0.0678. The van der Waals surface area contributed by atoms with Crippen LogP contribution in [-0.2, 0) is 15.5 Å². The molecule has 16 heavy (non-hydrogen) atoms. The van der Waals surface area contributed by atoms with Crippen LogP contribution in [0.1, 0.15) is 12.6 Å². The van der Waals surface area contributed by atoms with Crippen LogP contribution in [0.5, 0.6) is 0 Å². The Hall–Kier alpha value is -1.24. The van der Waals surface area contributed by atoms with Gasteiger partial charge in [0.15, 0.2) is 6.20 Å². The molecule has 0 aliphatic heterocycles. The molecular weight excluding hydrogens is 288 g/mol. The average molecular weight is 296 g/mol. The van der Waals surface area contributed by atoms with E-state index in [-0.39, 0.29) is 15.8 Å². The van der Waals surface area contributed by atoms with Gasteiger partial charge in [0.05, 0.1) is 6.61 Å². The number of nitrogens with zero attached hydrogens (tertiary/aromatic N) is 1. The summed E-state index contributed by atoms with van der Waals surface area (Å²) in [4.78, 5) is 11.0. The van der Waals surface area contributed by atoms with Gasteiger partial charge >= 0.3 is 11.9 Å². The number of esters is 1. The van der Waals surface area contributed by atoms with Crippen molar-refractivity contribution in [3.05, 3.63) is 33.7 Å². The normalized spacial score (nSPS) is 11.2. The van der Waals surface area contributed by atoms with E-state index in [4.69, 9.17) is 0 Å². The molecule has 0 amide bonds. The Morgan fingerprint density at radius 1 is 1.69 bits per heavy atom. The van der Waals surface area contributed by atoms with Gasteiger partial charge in [-0.3, -0.25) is 0 Å². The van der Waals surface area contributed by atoms with Gasteiger partial charge in [-0.1, -0.05) is 15.9 Å². The highest BCUT2D eigenvalue weighted by molar-refractivity contribution is 9.10. The molecule has 0 aromatic carbocycles. The van der Waals surface area contributed by atoms with Crippen LogP contribution in [0.4, 0.5) is 8.78 Å². The van der Waals surface area contributed by atoms with E-state index in [1.165, 1.54) is 13.0 Å². The minimum atomic E-state index is -3.96. The van der Waals surface area contributed by atoms with Gasteiger partial charge in [0, 0.05) is 16.6 Å². The van der Waals surface area contributed by atoms with E-state index >= 15 is 0 Å². The SMILES string of the molecule is CCOC(=O)C(F)(F)c1cc(Br)cc[n+]1[O-]. The van der Waals surface area contributed by atoms with Crippen LogP contribution in [0.3, 0.4) is 0 Å². The van der Waals surface area contributed by atoms with E-state index in [1.807, 2.05) is 0 Å². The molecule has 88 valence electrons. The zero-order chi connectivity index (χ0) is 12.3. The predicted octanol–water partition coefficient (Wildman–Crippen LogP) is 1.74. The third-order valence-corrected chi connectivity index (χ3v) is 2.23. The van der Waals surface area contributed by atoms with Crippen LogP contribution in [0, 0.1) is 5.21 Å². The van der Waals surface area contributed by atoms with Gasteiger partial charge in [0.2, 0.25) is 0 Å². The highest BCUT2D eigenvalue weighted by atomic mass is 79.9. The topological polar surface area (TPSA) is 53.2 Å². The summed E-state index contributed by atoms with van der Waals surface area (Å²) in [6.45, 7) is 1.22. The Morgan fingerprint density at radius 3 is 2.88 bits per heavy atom. The fourth-order valence-corrected chi connectivity index (χ4v) is 1.35. The highest BCUT2D eigenvalue weighted by Gasteiger charge is 2.49. The minimum Gasteiger partial charge on any atom is -0.618 e. The first kappa shape index (κ1) is 12.8. The van der Waals surface area contributed by atoms with Gasteiger partial charge in [-0.15, -0.1) is 0 Å². The van der Waals surface area contributed by atoms with Crippen molar-refractivity contribution >= 4 is 21.9 Å². The molecule has 0 radical (unpaired) electrons.